The van der Waals surface area contributed by atoms with E-state index in [2.05, 4.69) is 9.80 Å². The van der Waals surface area contributed by atoms with Crippen LogP contribution in [-0.4, -0.2) is 46.0 Å². The number of rotatable bonds is 6. The van der Waals surface area contributed by atoms with Gasteiger partial charge >= 0.3 is 0 Å². The second-order valence-electron chi connectivity index (χ2n) is 8.57. The zero-order chi connectivity index (χ0) is 22.6. The molecule has 2 heterocycles. The Morgan fingerprint density at radius 3 is 2.52 bits per heavy atom. The number of piperazine rings is 1. The molecule has 0 radical (unpaired) electrons. The Hall–Kier alpha value is -3.52. The molecule has 1 fully saturated rings. The first-order chi connectivity index (χ1) is 16.2. The third-order valence-electron chi connectivity index (χ3n) is 6.27. The van der Waals surface area contributed by atoms with Gasteiger partial charge in [-0.15, -0.1) is 0 Å². The largest absolute Gasteiger partial charge is 0.439 e. The van der Waals surface area contributed by atoms with E-state index >= 15 is 0 Å². The fourth-order valence-electron chi connectivity index (χ4n) is 4.51. The summed E-state index contributed by atoms with van der Waals surface area (Å²) in [6, 6.07) is 16.7. The second-order valence-corrected chi connectivity index (χ2v) is 8.57. The van der Waals surface area contributed by atoms with E-state index in [4.69, 9.17) is 14.7 Å². The number of aryl methyl sites for hydroxylation is 1. The standard InChI is InChI=1S/C25H27N5O3/c31-30(32)20-8-6-7-19(17-20)18-28-13-15-29(16-14-28)25-26-23-12-5-4-11-22(23)24(27-25)33-21-9-2-1-3-10-21/h1-3,6-10,17H,4-5,11-16,18H2. The maximum absolute atomic E-state index is 11.1. The van der Waals surface area contributed by atoms with Crippen molar-refractivity contribution < 1.29 is 9.66 Å². The molecule has 1 aliphatic heterocycles. The van der Waals surface area contributed by atoms with Crippen molar-refractivity contribution in [3.8, 4) is 11.6 Å². The highest BCUT2D eigenvalue weighted by Crippen LogP contribution is 2.32. The molecule has 0 N–H and O–H groups in total. The lowest BCUT2D eigenvalue weighted by atomic mass is 9.97. The maximum atomic E-state index is 11.1. The van der Waals surface area contributed by atoms with Crippen molar-refractivity contribution in [1.82, 2.24) is 14.9 Å². The van der Waals surface area contributed by atoms with Crippen molar-refractivity contribution in [3.63, 3.8) is 0 Å². The van der Waals surface area contributed by atoms with Crippen LogP contribution in [0.3, 0.4) is 0 Å². The highest BCUT2D eigenvalue weighted by Gasteiger charge is 2.24. The second kappa shape index (κ2) is 9.54. The van der Waals surface area contributed by atoms with E-state index in [0.29, 0.717) is 12.4 Å². The predicted molar refractivity (Wildman–Crippen MR) is 126 cm³/mol. The van der Waals surface area contributed by atoms with Gasteiger partial charge in [-0.05, 0) is 43.4 Å². The molecule has 2 aromatic carbocycles. The Morgan fingerprint density at radius 2 is 1.73 bits per heavy atom. The predicted octanol–water partition coefficient (Wildman–Crippen LogP) is 4.38. The van der Waals surface area contributed by atoms with E-state index in [1.165, 1.54) is 6.07 Å². The van der Waals surface area contributed by atoms with Crippen LogP contribution in [0.5, 0.6) is 11.6 Å². The number of ether oxygens (including phenoxy) is 1. The molecule has 0 bridgehead atoms. The Morgan fingerprint density at radius 1 is 0.939 bits per heavy atom. The molecule has 170 valence electrons. The number of benzene rings is 2. The molecule has 0 saturated carbocycles. The number of aromatic nitrogens is 2. The summed E-state index contributed by atoms with van der Waals surface area (Å²) < 4.78 is 6.20. The molecule has 1 aromatic heterocycles. The average Bonchev–Trinajstić information content (AvgIpc) is 2.85. The van der Waals surface area contributed by atoms with Gasteiger partial charge in [0, 0.05) is 50.4 Å². The Bertz CT molecular complexity index is 1130. The van der Waals surface area contributed by atoms with Crippen molar-refractivity contribution in [3.05, 3.63) is 81.5 Å². The number of nitro groups is 1. The van der Waals surface area contributed by atoms with Gasteiger partial charge in [-0.25, -0.2) is 4.98 Å². The number of anilines is 1. The molecule has 33 heavy (non-hydrogen) atoms. The third-order valence-corrected chi connectivity index (χ3v) is 6.27. The summed E-state index contributed by atoms with van der Waals surface area (Å²) in [4.78, 5) is 25.0. The van der Waals surface area contributed by atoms with Crippen LogP contribution >= 0.6 is 0 Å². The van der Waals surface area contributed by atoms with Crippen LogP contribution in [0, 0.1) is 10.1 Å². The normalized spacial score (nSPS) is 16.3. The number of fused-ring (bicyclic) bond motifs is 1. The maximum Gasteiger partial charge on any atom is 0.269 e. The summed E-state index contributed by atoms with van der Waals surface area (Å²) in [5.74, 6) is 2.20. The van der Waals surface area contributed by atoms with Gasteiger partial charge in [0.05, 0.1) is 10.6 Å². The SMILES string of the molecule is O=[N+]([O-])c1cccc(CN2CCN(c3nc4c(c(Oc5ccccc5)n3)CCCC4)CC2)c1. The first-order valence-electron chi connectivity index (χ1n) is 11.5. The van der Waals surface area contributed by atoms with E-state index in [0.717, 1.165) is 80.4 Å². The lowest BCUT2D eigenvalue weighted by Crippen LogP contribution is -2.46. The molecule has 0 atom stereocenters. The molecule has 0 unspecified atom stereocenters. The summed E-state index contributed by atoms with van der Waals surface area (Å²) >= 11 is 0. The van der Waals surface area contributed by atoms with Gasteiger partial charge in [-0.3, -0.25) is 15.0 Å². The average molecular weight is 446 g/mol. The molecule has 1 aliphatic carbocycles. The molecule has 0 amide bonds. The van der Waals surface area contributed by atoms with Gasteiger partial charge in [0.15, 0.2) is 0 Å². The zero-order valence-electron chi connectivity index (χ0n) is 18.5. The minimum atomic E-state index is -0.343. The van der Waals surface area contributed by atoms with Gasteiger partial charge in [0.2, 0.25) is 11.8 Å². The van der Waals surface area contributed by atoms with Crippen LogP contribution in [-0.2, 0) is 19.4 Å². The molecule has 2 aliphatic rings. The number of hydrogen-bond acceptors (Lipinski definition) is 7. The van der Waals surface area contributed by atoms with Gasteiger partial charge < -0.3 is 9.64 Å². The van der Waals surface area contributed by atoms with Crippen molar-refractivity contribution in [1.29, 1.82) is 0 Å². The summed E-state index contributed by atoms with van der Waals surface area (Å²) in [6.07, 6.45) is 4.19. The summed E-state index contributed by atoms with van der Waals surface area (Å²) in [5, 5.41) is 11.1. The van der Waals surface area contributed by atoms with Crippen LogP contribution in [0.25, 0.3) is 0 Å². The van der Waals surface area contributed by atoms with E-state index < -0.39 is 0 Å². The minimum absolute atomic E-state index is 0.138. The molecule has 0 spiro atoms. The van der Waals surface area contributed by atoms with Crippen molar-refractivity contribution in [2.75, 3.05) is 31.1 Å². The van der Waals surface area contributed by atoms with E-state index in [1.54, 1.807) is 12.1 Å². The van der Waals surface area contributed by atoms with Crippen LogP contribution < -0.4 is 9.64 Å². The topological polar surface area (TPSA) is 84.6 Å². The molecule has 5 rings (SSSR count). The number of para-hydroxylation sites is 1. The van der Waals surface area contributed by atoms with Crippen LogP contribution in [0.1, 0.15) is 29.7 Å². The fourth-order valence-corrected chi connectivity index (χ4v) is 4.51. The third kappa shape index (κ3) is 4.96. The van der Waals surface area contributed by atoms with Crippen molar-refractivity contribution in [2.45, 2.75) is 32.2 Å². The first kappa shape index (κ1) is 21.3. The Kier molecular flexibility index (Phi) is 6.17. The molecule has 3 aromatic rings. The summed E-state index contributed by atoms with van der Waals surface area (Å²) in [6.45, 7) is 4.00. The molecule has 1 saturated heterocycles. The van der Waals surface area contributed by atoms with Gasteiger partial charge in [-0.2, -0.15) is 4.98 Å². The number of non-ortho nitro benzene ring substituents is 1. The molecule has 8 nitrogen and oxygen atoms in total. The summed E-state index contributed by atoms with van der Waals surface area (Å²) in [5.41, 5.74) is 3.34. The fraction of sp³-hybridized carbons (Fsp3) is 0.360. The first-order valence-corrected chi connectivity index (χ1v) is 11.5. The van der Waals surface area contributed by atoms with E-state index in [1.807, 2.05) is 36.4 Å². The number of nitrogens with zero attached hydrogens (tertiary/aromatic N) is 5. The molecular weight excluding hydrogens is 418 g/mol. The lowest BCUT2D eigenvalue weighted by Gasteiger charge is -2.35. The van der Waals surface area contributed by atoms with Gasteiger partial charge in [0.25, 0.3) is 5.69 Å². The van der Waals surface area contributed by atoms with E-state index in [-0.39, 0.29) is 10.6 Å². The smallest absolute Gasteiger partial charge is 0.269 e. The zero-order valence-corrected chi connectivity index (χ0v) is 18.5. The minimum Gasteiger partial charge on any atom is -0.439 e. The highest BCUT2D eigenvalue weighted by atomic mass is 16.6. The van der Waals surface area contributed by atoms with Crippen molar-refractivity contribution >= 4 is 11.6 Å². The Balaban J connectivity index is 1.29. The van der Waals surface area contributed by atoms with Crippen LogP contribution in [0.4, 0.5) is 11.6 Å². The van der Waals surface area contributed by atoms with Crippen molar-refractivity contribution in [2.24, 2.45) is 0 Å². The van der Waals surface area contributed by atoms with Gasteiger partial charge in [0.1, 0.15) is 5.75 Å². The molecular formula is C25H27N5O3. The van der Waals surface area contributed by atoms with E-state index in [9.17, 15) is 10.1 Å². The summed E-state index contributed by atoms with van der Waals surface area (Å²) in [7, 11) is 0. The Labute approximate surface area is 193 Å². The monoisotopic (exact) mass is 445 g/mol. The van der Waals surface area contributed by atoms with Crippen LogP contribution in [0.2, 0.25) is 0 Å². The highest BCUT2D eigenvalue weighted by molar-refractivity contribution is 5.44. The van der Waals surface area contributed by atoms with Gasteiger partial charge in [-0.1, -0.05) is 30.3 Å². The number of hydrogen-bond donors (Lipinski definition) is 0. The lowest BCUT2D eigenvalue weighted by molar-refractivity contribution is -0.384. The quantitative estimate of drug-likeness (QED) is 0.411. The number of nitro benzene ring substituents is 1. The van der Waals surface area contributed by atoms with Crippen LogP contribution in [0.15, 0.2) is 54.6 Å². The molecule has 8 heteroatoms.